The second-order valence-corrected chi connectivity index (χ2v) is 9.66. The third-order valence-corrected chi connectivity index (χ3v) is 5.99. The summed E-state index contributed by atoms with van der Waals surface area (Å²) in [6.07, 6.45) is 0.223. The molecule has 1 heterocycles. The van der Waals surface area contributed by atoms with Gasteiger partial charge in [-0.15, -0.1) is 0 Å². The first-order valence-electron chi connectivity index (χ1n) is 11.1. The first kappa shape index (κ1) is 25.1. The standard InChI is InChI=1S/C26H30F2N4O2/c1-16(29-23(33)15-25(2,3)17-9-7-6-8-10-17)24(34)30-22-14-21(31-32-22)26(4,5)18-11-19(27)13-20(28)12-18/h6-14,16H,15H2,1-5H3,(H,29,33)(H2,30,31,32,34)/t16-/m0/s1. The number of rotatable bonds is 8. The van der Waals surface area contributed by atoms with Gasteiger partial charge in [0.1, 0.15) is 23.5 Å². The highest BCUT2D eigenvalue weighted by atomic mass is 19.1. The van der Waals surface area contributed by atoms with Gasteiger partial charge in [-0.3, -0.25) is 14.7 Å². The molecule has 0 saturated heterocycles. The summed E-state index contributed by atoms with van der Waals surface area (Å²) in [5.74, 6) is -1.69. The van der Waals surface area contributed by atoms with Gasteiger partial charge in [0.05, 0.1) is 5.69 Å². The second-order valence-electron chi connectivity index (χ2n) is 9.66. The van der Waals surface area contributed by atoms with Crippen molar-refractivity contribution in [3.05, 3.63) is 83.1 Å². The maximum absolute atomic E-state index is 13.7. The number of carbonyl (C=O) groups excluding carboxylic acids is 2. The average Bonchev–Trinajstić information content (AvgIpc) is 3.22. The Labute approximate surface area is 198 Å². The summed E-state index contributed by atoms with van der Waals surface area (Å²) in [7, 11) is 0. The van der Waals surface area contributed by atoms with E-state index in [-0.39, 0.29) is 17.7 Å². The first-order chi connectivity index (χ1) is 15.9. The number of benzene rings is 2. The van der Waals surface area contributed by atoms with Gasteiger partial charge in [-0.25, -0.2) is 8.78 Å². The molecule has 8 heteroatoms. The number of aromatic amines is 1. The predicted molar refractivity (Wildman–Crippen MR) is 127 cm³/mol. The van der Waals surface area contributed by atoms with Crippen LogP contribution in [0, 0.1) is 11.6 Å². The van der Waals surface area contributed by atoms with Gasteiger partial charge in [-0.1, -0.05) is 58.0 Å². The zero-order valence-electron chi connectivity index (χ0n) is 20.0. The summed E-state index contributed by atoms with van der Waals surface area (Å²) in [5.41, 5.74) is 0.741. The Morgan fingerprint density at radius 2 is 1.59 bits per heavy atom. The van der Waals surface area contributed by atoms with E-state index < -0.39 is 29.0 Å². The van der Waals surface area contributed by atoms with Crippen LogP contribution in [0.2, 0.25) is 0 Å². The number of carbonyl (C=O) groups is 2. The Kier molecular flexibility index (Phi) is 7.19. The molecule has 3 rings (SSSR count). The Bertz CT molecular complexity index is 1150. The topological polar surface area (TPSA) is 86.9 Å². The smallest absolute Gasteiger partial charge is 0.247 e. The number of hydrogen-bond acceptors (Lipinski definition) is 3. The molecule has 180 valence electrons. The van der Waals surface area contributed by atoms with Crippen LogP contribution in [0.1, 0.15) is 57.9 Å². The lowest BCUT2D eigenvalue weighted by Gasteiger charge is -2.25. The minimum atomic E-state index is -0.814. The maximum Gasteiger partial charge on any atom is 0.247 e. The molecule has 0 unspecified atom stereocenters. The van der Waals surface area contributed by atoms with E-state index in [1.54, 1.807) is 26.8 Å². The third kappa shape index (κ3) is 5.87. The molecule has 0 spiro atoms. The molecule has 0 aliphatic heterocycles. The average molecular weight is 469 g/mol. The molecular weight excluding hydrogens is 438 g/mol. The van der Waals surface area contributed by atoms with Crippen molar-refractivity contribution in [3.63, 3.8) is 0 Å². The molecule has 0 radical (unpaired) electrons. The van der Waals surface area contributed by atoms with Gasteiger partial charge in [0.15, 0.2) is 0 Å². The van der Waals surface area contributed by atoms with Crippen LogP contribution in [0.3, 0.4) is 0 Å². The third-order valence-electron chi connectivity index (χ3n) is 5.99. The van der Waals surface area contributed by atoms with Crippen LogP contribution in [0.15, 0.2) is 54.6 Å². The zero-order chi connectivity index (χ0) is 25.1. The number of aromatic nitrogens is 2. The van der Waals surface area contributed by atoms with Crippen molar-refractivity contribution >= 4 is 17.6 Å². The lowest BCUT2D eigenvalue weighted by atomic mass is 9.81. The van der Waals surface area contributed by atoms with Gasteiger partial charge < -0.3 is 10.6 Å². The van der Waals surface area contributed by atoms with Gasteiger partial charge in [-0.2, -0.15) is 5.10 Å². The molecule has 0 saturated carbocycles. The van der Waals surface area contributed by atoms with Crippen LogP contribution in [0.4, 0.5) is 14.6 Å². The fourth-order valence-electron chi connectivity index (χ4n) is 3.76. The summed E-state index contributed by atoms with van der Waals surface area (Å²) in [6, 6.07) is 13.9. The number of nitrogens with zero attached hydrogens (tertiary/aromatic N) is 1. The Morgan fingerprint density at radius 1 is 0.971 bits per heavy atom. The first-order valence-corrected chi connectivity index (χ1v) is 11.1. The van der Waals surface area contributed by atoms with Crippen LogP contribution < -0.4 is 10.6 Å². The molecule has 3 N–H and O–H groups in total. The van der Waals surface area contributed by atoms with E-state index in [1.165, 1.54) is 12.1 Å². The number of anilines is 1. The van der Waals surface area contributed by atoms with E-state index >= 15 is 0 Å². The van der Waals surface area contributed by atoms with Crippen molar-refractivity contribution in [3.8, 4) is 0 Å². The molecule has 0 bridgehead atoms. The van der Waals surface area contributed by atoms with Crippen molar-refractivity contribution in [2.24, 2.45) is 0 Å². The summed E-state index contributed by atoms with van der Waals surface area (Å²) in [5, 5.41) is 12.4. The van der Waals surface area contributed by atoms with Crippen molar-refractivity contribution < 1.29 is 18.4 Å². The number of nitrogens with one attached hydrogen (secondary N) is 3. The highest BCUT2D eigenvalue weighted by Crippen LogP contribution is 2.32. The van der Waals surface area contributed by atoms with Gasteiger partial charge in [-0.05, 0) is 35.6 Å². The lowest BCUT2D eigenvalue weighted by molar-refractivity contribution is -0.126. The summed E-state index contributed by atoms with van der Waals surface area (Å²) in [4.78, 5) is 25.2. The molecule has 2 amide bonds. The SMILES string of the molecule is C[C@H](NC(=O)CC(C)(C)c1ccccc1)C(=O)Nc1cc(C(C)(C)c2cc(F)cc(F)c2)n[nH]1. The molecule has 0 aliphatic rings. The number of halogens is 2. The van der Waals surface area contributed by atoms with E-state index in [9.17, 15) is 18.4 Å². The zero-order valence-corrected chi connectivity index (χ0v) is 20.0. The normalized spacial score (nSPS) is 12.8. The van der Waals surface area contributed by atoms with Crippen LogP contribution in [0.25, 0.3) is 0 Å². The van der Waals surface area contributed by atoms with Crippen molar-refractivity contribution in [1.82, 2.24) is 15.5 Å². The van der Waals surface area contributed by atoms with Crippen LogP contribution in [-0.2, 0) is 20.4 Å². The molecular formula is C26H30F2N4O2. The number of amides is 2. The molecule has 0 fully saturated rings. The Hall–Kier alpha value is -3.55. The lowest BCUT2D eigenvalue weighted by Crippen LogP contribution is -2.43. The van der Waals surface area contributed by atoms with Gasteiger partial charge in [0.25, 0.3) is 0 Å². The molecule has 6 nitrogen and oxygen atoms in total. The molecule has 1 aromatic heterocycles. The largest absolute Gasteiger partial charge is 0.345 e. The number of hydrogen-bond donors (Lipinski definition) is 3. The molecule has 34 heavy (non-hydrogen) atoms. The minimum Gasteiger partial charge on any atom is -0.345 e. The van der Waals surface area contributed by atoms with Crippen LogP contribution >= 0.6 is 0 Å². The van der Waals surface area contributed by atoms with E-state index in [0.717, 1.165) is 11.6 Å². The summed E-state index contributed by atoms with van der Waals surface area (Å²) in [6.45, 7) is 9.11. The highest BCUT2D eigenvalue weighted by Gasteiger charge is 2.29. The highest BCUT2D eigenvalue weighted by molar-refractivity contribution is 5.96. The summed E-state index contributed by atoms with van der Waals surface area (Å²) >= 11 is 0. The number of H-pyrrole nitrogens is 1. The second kappa shape index (κ2) is 9.75. The van der Waals surface area contributed by atoms with Gasteiger partial charge in [0, 0.05) is 24.0 Å². The monoisotopic (exact) mass is 468 g/mol. The van der Waals surface area contributed by atoms with Crippen molar-refractivity contribution in [2.75, 3.05) is 5.32 Å². The predicted octanol–water partition coefficient (Wildman–Crippen LogP) is 4.82. The van der Waals surface area contributed by atoms with Crippen molar-refractivity contribution in [2.45, 2.75) is 57.9 Å². The van der Waals surface area contributed by atoms with E-state index in [4.69, 9.17) is 0 Å². The molecule has 0 aliphatic carbocycles. The van der Waals surface area contributed by atoms with E-state index in [1.807, 2.05) is 44.2 Å². The van der Waals surface area contributed by atoms with E-state index in [2.05, 4.69) is 20.8 Å². The van der Waals surface area contributed by atoms with Crippen LogP contribution in [-0.4, -0.2) is 28.1 Å². The summed E-state index contributed by atoms with van der Waals surface area (Å²) < 4.78 is 27.4. The molecule has 2 aromatic carbocycles. The van der Waals surface area contributed by atoms with Crippen LogP contribution in [0.5, 0.6) is 0 Å². The fraction of sp³-hybridized carbons (Fsp3) is 0.346. The fourth-order valence-corrected chi connectivity index (χ4v) is 3.76. The molecule has 1 atom stereocenters. The minimum absolute atomic E-state index is 0.223. The van der Waals surface area contributed by atoms with E-state index in [0.29, 0.717) is 17.1 Å². The quantitative estimate of drug-likeness (QED) is 0.443. The Morgan fingerprint density at radius 3 is 2.21 bits per heavy atom. The Balaban J connectivity index is 1.62. The molecule has 3 aromatic rings. The van der Waals surface area contributed by atoms with Crippen molar-refractivity contribution in [1.29, 1.82) is 0 Å². The maximum atomic E-state index is 13.7. The van der Waals surface area contributed by atoms with Gasteiger partial charge >= 0.3 is 0 Å². The van der Waals surface area contributed by atoms with Gasteiger partial charge in [0.2, 0.25) is 11.8 Å².